The molecule has 1 aromatic heterocycles. The largest absolute Gasteiger partial charge is 0.497 e. The van der Waals surface area contributed by atoms with Crippen LogP contribution in [0.1, 0.15) is 22.3 Å². The molecule has 0 radical (unpaired) electrons. The lowest BCUT2D eigenvalue weighted by atomic mass is 10.1. The van der Waals surface area contributed by atoms with E-state index in [-0.39, 0.29) is 0 Å². The van der Waals surface area contributed by atoms with E-state index in [1.54, 1.807) is 21.3 Å². The van der Waals surface area contributed by atoms with Crippen molar-refractivity contribution < 1.29 is 14.2 Å². The number of methoxy groups -OCH3 is 3. The highest BCUT2D eigenvalue weighted by Gasteiger charge is 2.27. The van der Waals surface area contributed by atoms with Crippen LogP contribution in [-0.2, 0) is 12.8 Å². The van der Waals surface area contributed by atoms with Gasteiger partial charge in [0.2, 0.25) is 0 Å². The summed E-state index contributed by atoms with van der Waals surface area (Å²) in [7, 11) is 5.01. The third-order valence-corrected chi connectivity index (χ3v) is 7.23. The van der Waals surface area contributed by atoms with Crippen LogP contribution in [0.5, 0.6) is 17.2 Å². The summed E-state index contributed by atoms with van der Waals surface area (Å²) in [6.07, 6.45) is 3.62. The van der Waals surface area contributed by atoms with Gasteiger partial charge in [-0.3, -0.25) is 0 Å². The Morgan fingerprint density at radius 1 is 0.973 bits per heavy atom. The molecule has 3 aromatic carbocycles. The molecule has 0 bridgehead atoms. The van der Waals surface area contributed by atoms with Gasteiger partial charge in [0.15, 0.2) is 11.5 Å². The highest BCUT2D eigenvalue weighted by atomic mass is 32.1. The van der Waals surface area contributed by atoms with Crippen LogP contribution in [0.15, 0.2) is 66.4 Å². The second-order valence-corrected chi connectivity index (χ2v) is 9.47. The van der Waals surface area contributed by atoms with Crippen molar-refractivity contribution in [1.82, 2.24) is 10.3 Å². The molecule has 6 nitrogen and oxygen atoms in total. The number of thiocarbonyl (C=S) groups is 1. The highest BCUT2D eigenvalue weighted by molar-refractivity contribution is 7.81. The summed E-state index contributed by atoms with van der Waals surface area (Å²) in [5, 5.41) is 8.34. The molecule has 0 unspecified atom stereocenters. The first kappa shape index (κ1) is 24.7. The molecular formula is C30H31N3O3S. The topological polar surface area (TPSA) is 67.5 Å². The molecule has 0 saturated heterocycles. The van der Waals surface area contributed by atoms with Crippen molar-refractivity contribution in [3.63, 3.8) is 0 Å². The number of aromatic nitrogens is 1. The van der Waals surface area contributed by atoms with Gasteiger partial charge in [-0.15, -0.1) is 0 Å². The van der Waals surface area contributed by atoms with E-state index in [4.69, 9.17) is 26.4 Å². The first-order chi connectivity index (χ1) is 18.0. The number of benzene rings is 3. The maximum absolute atomic E-state index is 5.93. The smallest absolute Gasteiger partial charge is 0.161 e. The Labute approximate surface area is 222 Å². The van der Waals surface area contributed by atoms with Crippen LogP contribution in [-0.4, -0.2) is 37.8 Å². The molecule has 4 aromatic rings. The van der Waals surface area contributed by atoms with Crippen molar-refractivity contribution in [3.8, 4) is 17.2 Å². The summed E-state index contributed by atoms with van der Waals surface area (Å²) in [6, 6.07) is 18.4. The van der Waals surface area contributed by atoms with Gasteiger partial charge in [0.05, 0.1) is 21.3 Å². The van der Waals surface area contributed by atoms with Gasteiger partial charge in [0, 0.05) is 52.6 Å². The molecule has 0 spiro atoms. The lowest BCUT2D eigenvalue weighted by Crippen LogP contribution is -2.20. The molecular weight excluding hydrogens is 482 g/mol. The number of fused-ring (bicyclic) bond motifs is 2. The molecule has 0 fully saturated rings. The molecule has 7 heteroatoms. The number of rotatable bonds is 9. The zero-order chi connectivity index (χ0) is 25.9. The van der Waals surface area contributed by atoms with Gasteiger partial charge < -0.3 is 29.8 Å². The second-order valence-electron chi connectivity index (χ2n) is 9.07. The van der Waals surface area contributed by atoms with Crippen LogP contribution in [0.2, 0.25) is 0 Å². The minimum absolute atomic E-state index is 0.698. The summed E-state index contributed by atoms with van der Waals surface area (Å²) in [5.74, 6) is 2.26. The fourth-order valence-electron chi connectivity index (χ4n) is 4.86. The SMILES string of the molecule is COc1ccc2[nH]cc(CCNC3=C(C(=S)Nc4ccccc4C)Cc4cc(OC)c(OC)cc43)c2c1. The average Bonchev–Trinajstić information content (AvgIpc) is 3.49. The molecule has 0 amide bonds. The van der Waals surface area contributed by atoms with E-state index >= 15 is 0 Å². The number of nitrogens with one attached hydrogen (secondary N) is 3. The molecule has 0 saturated carbocycles. The van der Waals surface area contributed by atoms with E-state index in [1.165, 1.54) is 10.9 Å². The van der Waals surface area contributed by atoms with Gasteiger partial charge in [-0.25, -0.2) is 0 Å². The quantitative estimate of drug-likeness (QED) is 0.237. The van der Waals surface area contributed by atoms with E-state index in [0.717, 1.165) is 57.9 Å². The Bertz CT molecular complexity index is 1510. The number of aryl methyl sites for hydroxylation is 1. The third kappa shape index (κ3) is 4.87. The van der Waals surface area contributed by atoms with Gasteiger partial charge in [0.1, 0.15) is 10.7 Å². The molecule has 0 atom stereocenters. The number of hydrogen-bond donors (Lipinski definition) is 3. The zero-order valence-electron chi connectivity index (χ0n) is 21.5. The monoisotopic (exact) mass is 513 g/mol. The van der Waals surface area contributed by atoms with Gasteiger partial charge >= 0.3 is 0 Å². The predicted molar refractivity (Wildman–Crippen MR) is 154 cm³/mol. The van der Waals surface area contributed by atoms with Gasteiger partial charge in [0.25, 0.3) is 0 Å². The van der Waals surface area contributed by atoms with Gasteiger partial charge in [-0.1, -0.05) is 30.4 Å². The van der Waals surface area contributed by atoms with E-state index in [1.807, 2.05) is 36.4 Å². The van der Waals surface area contributed by atoms with Crippen molar-refractivity contribution in [2.24, 2.45) is 0 Å². The fourth-order valence-corrected chi connectivity index (χ4v) is 5.15. The Morgan fingerprint density at radius 3 is 2.51 bits per heavy atom. The van der Waals surface area contributed by atoms with Crippen LogP contribution >= 0.6 is 12.2 Å². The van der Waals surface area contributed by atoms with Crippen LogP contribution in [0.4, 0.5) is 5.69 Å². The van der Waals surface area contributed by atoms with E-state index in [9.17, 15) is 0 Å². The average molecular weight is 514 g/mol. The number of para-hydroxylation sites is 1. The number of hydrogen-bond acceptors (Lipinski definition) is 5. The summed E-state index contributed by atoms with van der Waals surface area (Å²) in [5.41, 5.74) is 8.82. The Morgan fingerprint density at radius 2 is 1.76 bits per heavy atom. The Hall–Kier alpha value is -3.97. The number of H-pyrrole nitrogens is 1. The molecule has 37 heavy (non-hydrogen) atoms. The van der Waals surface area contributed by atoms with Crippen molar-refractivity contribution >= 4 is 39.5 Å². The first-order valence-corrected chi connectivity index (χ1v) is 12.7. The predicted octanol–water partition coefficient (Wildman–Crippen LogP) is 6.04. The van der Waals surface area contributed by atoms with E-state index in [2.05, 4.69) is 46.9 Å². The molecule has 1 aliphatic carbocycles. The normalized spacial score (nSPS) is 12.4. The summed E-state index contributed by atoms with van der Waals surface area (Å²) < 4.78 is 16.6. The summed E-state index contributed by atoms with van der Waals surface area (Å²) in [6.45, 7) is 2.82. The van der Waals surface area contributed by atoms with Crippen LogP contribution in [0.25, 0.3) is 16.6 Å². The molecule has 5 rings (SSSR count). The van der Waals surface area contributed by atoms with Gasteiger partial charge in [-0.05, 0) is 66.4 Å². The van der Waals surface area contributed by atoms with Crippen LogP contribution < -0.4 is 24.8 Å². The Balaban J connectivity index is 1.44. The van der Waals surface area contributed by atoms with Crippen LogP contribution in [0.3, 0.4) is 0 Å². The number of aromatic amines is 1. The minimum atomic E-state index is 0.698. The molecule has 0 aliphatic heterocycles. The van der Waals surface area contributed by atoms with Gasteiger partial charge in [-0.2, -0.15) is 0 Å². The molecule has 1 heterocycles. The minimum Gasteiger partial charge on any atom is -0.497 e. The standard InChI is InChI=1S/C30H31N3O3S/c1-18-7-5-6-8-25(18)33-30(37)24-13-20-14-27(35-3)28(36-4)16-23(20)29(24)31-12-11-19-17-32-26-10-9-21(34-2)15-22(19)26/h5-10,14-17,31-32H,11-13H2,1-4H3,(H,33,37). The lowest BCUT2D eigenvalue weighted by Gasteiger charge is -2.16. The number of ether oxygens (including phenoxy) is 3. The van der Waals surface area contributed by atoms with E-state index in [0.29, 0.717) is 22.9 Å². The van der Waals surface area contributed by atoms with Crippen molar-refractivity contribution in [2.45, 2.75) is 19.8 Å². The fraction of sp³-hybridized carbons (Fsp3) is 0.233. The first-order valence-electron chi connectivity index (χ1n) is 12.3. The highest BCUT2D eigenvalue weighted by Crippen LogP contribution is 2.40. The molecule has 3 N–H and O–H groups in total. The Kier molecular flexibility index (Phi) is 7.06. The summed E-state index contributed by atoms with van der Waals surface area (Å²) in [4.78, 5) is 4.08. The molecule has 190 valence electrons. The van der Waals surface area contributed by atoms with Crippen molar-refractivity contribution in [2.75, 3.05) is 33.2 Å². The number of anilines is 1. The second kappa shape index (κ2) is 10.6. The zero-order valence-corrected chi connectivity index (χ0v) is 22.3. The van der Waals surface area contributed by atoms with E-state index < -0.39 is 0 Å². The maximum atomic E-state index is 5.93. The van der Waals surface area contributed by atoms with Crippen molar-refractivity contribution in [3.05, 3.63) is 88.6 Å². The molecule has 1 aliphatic rings. The summed E-state index contributed by atoms with van der Waals surface area (Å²) >= 11 is 5.93. The third-order valence-electron chi connectivity index (χ3n) is 6.89. The lowest BCUT2D eigenvalue weighted by molar-refractivity contribution is 0.354. The van der Waals surface area contributed by atoms with Crippen LogP contribution in [0, 0.1) is 6.92 Å². The van der Waals surface area contributed by atoms with Crippen molar-refractivity contribution in [1.29, 1.82) is 0 Å². The maximum Gasteiger partial charge on any atom is 0.161 e.